The average Bonchev–Trinajstić information content (AvgIpc) is 3.00. The lowest BCUT2D eigenvalue weighted by Crippen LogP contribution is -2.16. The molecule has 1 fully saturated rings. The quantitative estimate of drug-likeness (QED) is 0.642. The molecule has 0 heterocycles. The summed E-state index contributed by atoms with van der Waals surface area (Å²) in [7, 11) is 0. The van der Waals surface area contributed by atoms with Crippen LogP contribution < -0.4 is 5.73 Å². The minimum atomic E-state index is -4.31. The van der Waals surface area contributed by atoms with E-state index in [0.717, 1.165) is 25.0 Å². The Morgan fingerprint density at radius 3 is 2.65 bits per heavy atom. The van der Waals surface area contributed by atoms with Crippen molar-refractivity contribution in [2.24, 2.45) is 10.7 Å². The first-order valence-corrected chi connectivity index (χ1v) is 5.43. The number of nitrogens with two attached hydrogens (primary N) is 1. The van der Waals surface area contributed by atoms with Crippen molar-refractivity contribution in [3.8, 4) is 0 Å². The lowest BCUT2D eigenvalue weighted by atomic mass is 10.1. The molecule has 2 rings (SSSR count). The van der Waals surface area contributed by atoms with Crippen LogP contribution in [-0.4, -0.2) is 11.9 Å². The summed E-state index contributed by atoms with van der Waals surface area (Å²) in [6, 6.07) is 5.49. The molecule has 1 saturated carbocycles. The molecule has 1 aromatic carbocycles. The first kappa shape index (κ1) is 12.0. The minimum absolute atomic E-state index is 0.278. The molecule has 0 amide bonds. The fraction of sp³-hybridized carbons (Fsp3) is 0.417. The van der Waals surface area contributed by atoms with Crippen LogP contribution in [0.2, 0.25) is 0 Å². The van der Waals surface area contributed by atoms with Crippen molar-refractivity contribution in [2.75, 3.05) is 0 Å². The predicted molar refractivity (Wildman–Crippen MR) is 59.8 cm³/mol. The Morgan fingerprint density at radius 2 is 2.06 bits per heavy atom. The summed E-state index contributed by atoms with van der Waals surface area (Å²) >= 11 is 0. The van der Waals surface area contributed by atoms with E-state index < -0.39 is 11.7 Å². The zero-order chi connectivity index (χ0) is 12.5. The molecule has 0 unspecified atom stereocenters. The molecule has 0 atom stereocenters. The number of amidine groups is 1. The molecule has 2 N–H and O–H groups in total. The lowest BCUT2D eigenvalue weighted by Gasteiger charge is -2.08. The number of alkyl halides is 3. The van der Waals surface area contributed by atoms with Gasteiger partial charge in [-0.2, -0.15) is 13.2 Å². The van der Waals surface area contributed by atoms with Crippen molar-refractivity contribution in [1.29, 1.82) is 0 Å². The van der Waals surface area contributed by atoms with Gasteiger partial charge >= 0.3 is 6.18 Å². The van der Waals surface area contributed by atoms with E-state index in [2.05, 4.69) is 4.99 Å². The highest BCUT2D eigenvalue weighted by Crippen LogP contribution is 2.29. The highest BCUT2D eigenvalue weighted by molar-refractivity contribution is 5.83. The second-order valence-corrected chi connectivity index (χ2v) is 4.23. The van der Waals surface area contributed by atoms with Crippen LogP contribution >= 0.6 is 0 Å². The largest absolute Gasteiger partial charge is 0.416 e. The number of benzene rings is 1. The van der Waals surface area contributed by atoms with E-state index in [1.54, 1.807) is 6.07 Å². The summed E-state index contributed by atoms with van der Waals surface area (Å²) in [5.74, 6) is 0.409. The molecule has 92 valence electrons. The molecule has 0 bridgehead atoms. The van der Waals surface area contributed by atoms with E-state index in [0.29, 0.717) is 17.4 Å². The van der Waals surface area contributed by atoms with Crippen molar-refractivity contribution in [3.63, 3.8) is 0 Å². The maximum atomic E-state index is 12.5. The maximum absolute atomic E-state index is 12.5. The Balaban J connectivity index is 2.10. The molecular weight excluding hydrogens is 229 g/mol. The first-order valence-electron chi connectivity index (χ1n) is 5.43. The third-order valence-corrected chi connectivity index (χ3v) is 2.53. The van der Waals surface area contributed by atoms with Gasteiger partial charge in [0.25, 0.3) is 0 Å². The number of nitrogens with zero attached hydrogens (tertiary/aromatic N) is 1. The zero-order valence-electron chi connectivity index (χ0n) is 9.17. The second kappa shape index (κ2) is 4.39. The van der Waals surface area contributed by atoms with Gasteiger partial charge in [-0.15, -0.1) is 0 Å². The maximum Gasteiger partial charge on any atom is 0.416 e. The lowest BCUT2D eigenvalue weighted by molar-refractivity contribution is -0.137. The number of hydrogen-bond acceptors (Lipinski definition) is 1. The van der Waals surface area contributed by atoms with Gasteiger partial charge in [-0.3, -0.25) is 4.99 Å². The van der Waals surface area contributed by atoms with Crippen molar-refractivity contribution in [3.05, 3.63) is 35.4 Å². The summed E-state index contributed by atoms with van der Waals surface area (Å²) < 4.78 is 37.4. The summed E-state index contributed by atoms with van der Waals surface area (Å²) in [4.78, 5) is 4.19. The van der Waals surface area contributed by atoms with Gasteiger partial charge in [0.15, 0.2) is 0 Å². The van der Waals surface area contributed by atoms with Crippen LogP contribution in [0.25, 0.3) is 0 Å². The Bertz CT molecular complexity index is 434. The van der Waals surface area contributed by atoms with Crippen molar-refractivity contribution < 1.29 is 13.2 Å². The van der Waals surface area contributed by atoms with Gasteiger partial charge in [-0.25, -0.2) is 0 Å². The van der Waals surface area contributed by atoms with Gasteiger partial charge in [0.1, 0.15) is 0 Å². The zero-order valence-corrected chi connectivity index (χ0v) is 9.17. The predicted octanol–water partition coefficient (Wildman–Crippen LogP) is 2.77. The van der Waals surface area contributed by atoms with Crippen molar-refractivity contribution in [1.82, 2.24) is 0 Å². The molecule has 0 radical (unpaired) electrons. The van der Waals surface area contributed by atoms with Crippen LogP contribution in [0.1, 0.15) is 24.0 Å². The van der Waals surface area contributed by atoms with Gasteiger partial charge < -0.3 is 5.73 Å². The van der Waals surface area contributed by atoms with Crippen LogP contribution in [0, 0.1) is 0 Å². The highest BCUT2D eigenvalue weighted by atomic mass is 19.4. The fourth-order valence-corrected chi connectivity index (χ4v) is 1.55. The van der Waals surface area contributed by atoms with E-state index in [9.17, 15) is 13.2 Å². The van der Waals surface area contributed by atoms with E-state index in [-0.39, 0.29) is 6.42 Å². The summed E-state index contributed by atoms with van der Waals surface area (Å²) in [5, 5.41) is 0. The highest BCUT2D eigenvalue weighted by Gasteiger charge is 2.30. The molecule has 0 spiro atoms. The van der Waals surface area contributed by atoms with E-state index in [1.807, 2.05) is 0 Å². The molecule has 0 saturated heterocycles. The Labute approximate surface area is 97.3 Å². The number of halogens is 3. The first-order chi connectivity index (χ1) is 7.95. The summed E-state index contributed by atoms with van der Waals surface area (Å²) in [6.07, 6.45) is -1.97. The van der Waals surface area contributed by atoms with Crippen LogP contribution in [-0.2, 0) is 12.6 Å². The van der Waals surface area contributed by atoms with Crippen LogP contribution in [0.5, 0.6) is 0 Å². The molecule has 0 aromatic heterocycles. The number of rotatable bonds is 3. The minimum Gasteiger partial charge on any atom is -0.387 e. The SMILES string of the molecule is NC(Cc1cccc(C(F)(F)F)c1)=NC1CC1. The van der Waals surface area contributed by atoms with Gasteiger partial charge in [-0.1, -0.05) is 18.2 Å². The molecule has 0 aliphatic heterocycles. The van der Waals surface area contributed by atoms with Crippen molar-refractivity contribution in [2.45, 2.75) is 31.5 Å². The van der Waals surface area contributed by atoms with E-state index >= 15 is 0 Å². The van der Waals surface area contributed by atoms with Gasteiger partial charge in [0.2, 0.25) is 0 Å². The third kappa shape index (κ3) is 3.47. The molecule has 1 aromatic rings. The smallest absolute Gasteiger partial charge is 0.387 e. The second-order valence-electron chi connectivity index (χ2n) is 4.23. The number of hydrogen-bond donors (Lipinski definition) is 1. The van der Waals surface area contributed by atoms with E-state index in [1.165, 1.54) is 6.07 Å². The third-order valence-electron chi connectivity index (χ3n) is 2.53. The molecule has 5 heteroatoms. The Kier molecular flexibility index (Phi) is 3.09. The monoisotopic (exact) mass is 242 g/mol. The molecule has 1 aliphatic rings. The van der Waals surface area contributed by atoms with Crippen molar-refractivity contribution >= 4 is 5.84 Å². The Morgan fingerprint density at radius 1 is 1.35 bits per heavy atom. The fourth-order valence-electron chi connectivity index (χ4n) is 1.55. The standard InChI is InChI=1S/C12H13F3N2/c13-12(14,15)9-3-1-2-8(6-9)7-11(16)17-10-4-5-10/h1-3,6,10H,4-5,7H2,(H2,16,17). The van der Waals surface area contributed by atoms with Gasteiger partial charge in [0, 0.05) is 6.42 Å². The van der Waals surface area contributed by atoms with E-state index in [4.69, 9.17) is 5.73 Å². The topological polar surface area (TPSA) is 38.4 Å². The molecular formula is C12H13F3N2. The number of aliphatic imine (C=N–C) groups is 1. The van der Waals surface area contributed by atoms with Crippen LogP contribution in [0.15, 0.2) is 29.3 Å². The average molecular weight is 242 g/mol. The summed E-state index contributed by atoms with van der Waals surface area (Å²) in [5.41, 5.74) is 5.57. The summed E-state index contributed by atoms with van der Waals surface area (Å²) in [6.45, 7) is 0. The van der Waals surface area contributed by atoms with Gasteiger partial charge in [0.05, 0.1) is 17.4 Å². The molecule has 17 heavy (non-hydrogen) atoms. The molecule has 2 nitrogen and oxygen atoms in total. The normalized spacial score (nSPS) is 17.2. The molecule has 1 aliphatic carbocycles. The van der Waals surface area contributed by atoms with Crippen LogP contribution in [0.4, 0.5) is 13.2 Å². The Hall–Kier alpha value is -1.52. The van der Waals surface area contributed by atoms with Crippen LogP contribution in [0.3, 0.4) is 0 Å². The van der Waals surface area contributed by atoms with Gasteiger partial charge in [-0.05, 0) is 24.5 Å².